The molecule has 3 N–H and O–H groups in total. The number of hydrogen-bond acceptors (Lipinski definition) is 5. The highest BCUT2D eigenvalue weighted by Crippen LogP contribution is 2.32. The van der Waals surface area contributed by atoms with Crippen LogP contribution >= 0.6 is 0 Å². The molecule has 2 aromatic carbocycles. The number of carbonyl (C=O) groups excluding carboxylic acids is 2. The van der Waals surface area contributed by atoms with Gasteiger partial charge in [-0.05, 0) is 48.4 Å². The van der Waals surface area contributed by atoms with E-state index in [-0.39, 0.29) is 28.6 Å². The van der Waals surface area contributed by atoms with Gasteiger partial charge in [-0.2, -0.15) is 0 Å². The summed E-state index contributed by atoms with van der Waals surface area (Å²) in [5, 5.41) is 2.96. The van der Waals surface area contributed by atoms with Gasteiger partial charge >= 0.3 is 0 Å². The Hall–Kier alpha value is -4.26. The van der Waals surface area contributed by atoms with Gasteiger partial charge in [-0.1, -0.05) is 31.2 Å². The number of methoxy groups -OCH3 is 2. The standard InChI is InChI=1S/C26H25N3O4/c1-4-16-9-5-6-10-18(16)28-26(31)22-19-11-7-8-14-29(19)24(23(22)27)25(30)17-12-13-20(32-2)21(15-17)33-3/h5-15H,4,27H2,1-3H3,(H,28,31). The van der Waals surface area contributed by atoms with Crippen molar-refractivity contribution in [3.8, 4) is 11.5 Å². The van der Waals surface area contributed by atoms with E-state index in [1.54, 1.807) is 47.0 Å². The molecule has 7 nitrogen and oxygen atoms in total. The van der Waals surface area contributed by atoms with Crippen LogP contribution in [0, 0.1) is 0 Å². The molecule has 0 unspecified atom stereocenters. The zero-order valence-electron chi connectivity index (χ0n) is 18.7. The average Bonchev–Trinajstić information content (AvgIpc) is 3.15. The monoisotopic (exact) mass is 443 g/mol. The Morgan fingerprint density at radius 2 is 1.70 bits per heavy atom. The number of nitrogen functional groups attached to an aromatic ring is 1. The van der Waals surface area contributed by atoms with Crippen LogP contribution < -0.4 is 20.5 Å². The van der Waals surface area contributed by atoms with Crippen LogP contribution in [0.5, 0.6) is 11.5 Å². The lowest BCUT2D eigenvalue weighted by molar-refractivity contribution is 0.102. The molecule has 33 heavy (non-hydrogen) atoms. The molecule has 7 heteroatoms. The van der Waals surface area contributed by atoms with Crippen LogP contribution in [-0.2, 0) is 6.42 Å². The zero-order chi connectivity index (χ0) is 23.5. The number of pyridine rings is 1. The third-order valence-corrected chi connectivity index (χ3v) is 5.62. The fraction of sp³-hybridized carbons (Fsp3) is 0.154. The van der Waals surface area contributed by atoms with Gasteiger partial charge in [0.15, 0.2) is 11.5 Å². The van der Waals surface area contributed by atoms with Gasteiger partial charge in [-0.3, -0.25) is 9.59 Å². The number of rotatable bonds is 7. The molecule has 0 atom stereocenters. The van der Waals surface area contributed by atoms with Gasteiger partial charge in [0, 0.05) is 17.4 Å². The van der Waals surface area contributed by atoms with E-state index in [0.29, 0.717) is 28.3 Å². The Labute approximate surface area is 191 Å². The fourth-order valence-corrected chi connectivity index (χ4v) is 3.95. The molecule has 0 aliphatic heterocycles. The quantitative estimate of drug-likeness (QED) is 0.408. The Bertz CT molecular complexity index is 1360. The molecule has 0 bridgehead atoms. The van der Waals surface area contributed by atoms with Crippen molar-refractivity contribution in [1.29, 1.82) is 0 Å². The van der Waals surface area contributed by atoms with Gasteiger partial charge in [-0.15, -0.1) is 0 Å². The molecule has 168 valence electrons. The molecule has 0 aliphatic rings. The second kappa shape index (κ2) is 9.08. The van der Waals surface area contributed by atoms with Crippen LogP contribution in [0.15, 0.2) is 66.9 Å². The molecule has 0 saturated carbocycles. The summed E-state index contributed by atoms with van der Waals surface area (Å²) in [6.45, 7) is 2.02. The average molecular weight is 444 g/mol. The van der Waals surface area contributed by atoms with Crippen LogP contribution in [0.2, 0.25) is 0 Å². The van der Waals surface area contributed by atoms with Crippen LogP contribution in [0.3, 0.4) is 0 Å². The number of aromatic nitrogens is 1. The van der Waals surface area contributed by atoms with Crippen molar-refractivity contribution in [2.45, 2.75) is 13.3 Å². The number of nitrogens with one attached hydrogen (secondary N) is 1. The maximum absolute atomic E-state index is 13.5. The number of amides is 1. The third-order valence-electron chi connectivity index (χ3n) is 5.62. The van der Waals surface area contributed by atoms with Crippen molar-refractivity contribution in [3.05, 3.63) is 89.2 Å². The van der Waals surface area contributed by atoms with E-state index < -0.39 is 0 Å². The molecular weight excluding hydrogens is 418 g/mol. The number of benzene rings is 2. The summed E-state index contributed by atoms with van der Waals surface area (Å²) in [6.07, 6.45) is 2.49. The van der Waals surface area contributed by atoms with E-state index in [1.807, 2.05) is 31.2 Å². The summed E-state index contributed by atoms with van der Waals surface area (Å²) in [4.78, 5) is 26.8. The minimum Gasteiger partial charge on any atom is -0.493 e. The van der Waals surface area contributed by atoms with Crippen LogP contribution in [0.25, 0.3) is 5.52 Å². The van der Waals surface area contributed by atoms with Crippen molar-refractivity contribution in [2.24, 2.45) is 0 Å². The lowest BCUT2D eigenvalue weighted by Gasteiger charge is -2.10. The smallest absolute Gasteiger partial charge is 0.259 e. The number of ether oxygens (including phenoxy) is 2. The van der Waals surface area contributed by atoms with E-state index in [0.717, 1.165) is 12.0 Å². The molecule has 4 rings (SSSR count). The number of hydrogen-bond donors (Lipinski definition) is 2. The molecule has 0 radical (unpaired) electrons. The number of nitrogens with two attached hydrogens (primary N) is 1. The van der Waals surface area contributed by atoms with Crippen LogP contribution in [0.4, 0.5) is 11.4 Å². The van der Waals surface area contributed by atoms with Gasteiger partial charge in [0.1, 0.15) is 5.69 Å². The zero-order valence-corrected chi connectivity index (χ0v) is 18.7. The SMILES string of the molecule is CCc1ccccc1NC(=O)c1c(N)c(C(=O)c2ccc(OC)c(OC)c2)n2ccccc12. The molecule has 0 saturated heterocycles. The number of nitrogens with zero attached hydrogens (tertiary/aromatic N) is 1. The van der Waals surface area contributed by atoms with Gasteiger partial charge in [0.2, 0.25) is 5.78 Å². The van der Waals surface area contributed by atoms with Crippen molar-refractivity contribution in [3.63, 3.8) is 0 Å². The minimum absolute atomic E-state index is 0.118. The van der Waals surface area contributed by atoms with Gasteiger partial charge in [-0.25, -0.2) is 0 Å². The summed E-state index contributed by atoms with van der Waals surface area (Å²) in [7, 11) is 3.03. The largest absolute Gasteiger partial charge is 0.493 e. The highest BCUT2D eigenvalue weighted by atomic mass is 16.5. The molecule has 2 aromatic heterocycles. The number of anilines is 2. The van der Waals surface area contributed by atoms with E-state index in [9.17, 15) is 9.59 Å². The lowest BCUT2D eigenvalue weighted by Crippen LogP contribution is -2.15. The summed E-state index contributed by atoms with van der Waals surface area (Å²) in [6, 6.07) is 17.9. The van der Waals surface area contributed by atoms with E-state index in [1.165, 1.54) is 14.2 Å². The number of fused-ring (bicyclic) bond motifs is 1. The first-order chi connectivity index (χ1) is 16.0. The predicted octanol–water partition coefficient (Wildman–Crippen LogP) is 4.58. The summed E-state index contributed by atoms with van der Waals surface area (Å²) >= 11 is 0. The molecule has 1 amide bonds. The Morgan fingerprint density at radius 3 is 2.42 bits per heavy atom. The number of carbonyl (C=O) groups is 2. The first-order valence-electron chi connectivity index (χ1n) is 10.5. The maximum atomic E-state index is 13.5. The second-order valence-electron chi connectivity index (χ2n) is 7.46. The highest BCUT2D eigenvalue weighted by Gasteiger charge is 2.27. The first kappa shape index (κ1) is 22.0. The van der Waals surface area contributed by atoms with E-state index >= 15 is 0 Å². The Kier molecular flexibility index (Phi) is 6.04. The molecule has 4 aromatic rings. The highest BCUT2D eigenvalue weighted by molar-refractivity contribution is 6.20. The van der Waals surface area contributed by atoms with Crippen molar-refractivity contribution in [1.82, 2.24) is 4.40 Å². The van der Waals surface area contributed by atoms with Crippen molar-refractivity contribution in [2.75, 3.05) is 25.3 Å². The summed E-state index contributed by atoms with van der Waals surface area (Å²) in [5.74, 6) is 0.236. The van der Waals surface area contributed by atoms with E-state index in [2.05, 4.69) is 5.32 Å². The number of aryl methyl sites for hydroxylation is 1. The topological polar surface area (TPSA) is 95.1 Å². The summed E-state index contributed by atoms with van der Waals surface area (Å²) in [5.41, 5.74) is 9.67. The molecular formula is C26H25N3O4. The maximum Gasteiger partial charge on any atom is 0.259 e. The number of para-hydroxylation sites is 1. The van der Waals surface area contributed by atoms with Crippen LogP contribution in [-0.4, -0.2) is 30.3 Å². The predicted molar refractivity (Wildman–Crippen MR) is 129 cm³/mol. The van der Waals surface area contributed by atoms with Crippen molar-refractivity contribution < 1.29 is 19.1 Å². The molecule has 2 heterocycles. The second-order valence-corrected chi connectivity index (χ2v) is 7.46. The molecule has 0 aliphatic carbocycles. The van der Waals surface area contributed by atoms with E-state index in [4.69, 9.17) is 15.2 Å². The summed E-state index contributed by atoms with van der Waals surface area (Å²) < 4.78 is 12.2. The van der Waals surface area contributed by atoms with Crippen molar-refractivity contribution >= 4 is 28.6 Å². The fourth-order valence-electron chi connectivity index (χ4n) is 3.95. The van der Waals surface area contributed by atoms with Gasteiger partial charge in [0.05, 0.1) is 31.0 Å². The third kappa shape index (κ3) is 3.89. The minimum atomic E-state index is -0.372. The van der Waals surface area contributed by atoms with Gasteiger partial charge < -0.3 is 24.9 Å². The normalized spacial score (nSPS) is 10.8. The molecule has 0 fully saturated rings. The Balaban J connectivity index is 1.81. The number of ketones is 1. The molecule has 0 spiro atoms. The van der Waals surface area contributed by atoms with Gasteiger partial charge in [0.25, 0.3) is 5.91 Å². The van der Waals surface area contributed by atoms with Crippen LogP contribution in [0.1, 0.15) is 38.9 Å². The first-order valence-corrected chi connectivity index (χ1v) is 10.5. The Morgan fingerprint density at radius 1 is 0.970 bits per heavy atom. The lowest BCUT2D eigenvalue weighted by atomic mass is 10.1.